The van der Waals surface area contributed by atoms with Crippen LogP contribution in [-0.2, 0) is 0 Å². The molecule has 0 bridgehead atoms. The van der Waals surface area contributed by atoms with Gasteiger partial charge in [-0.3, -0.25) is 0 Å². The van der Waals surface area contributed by atoms with Gasteiger partial charge in [-0.15, -0.1) is 0 Å². The molecule has 0 unspecified atom stereocenters. The number of rotatable bonds is 7. The van der Waals surface area contributed by atoms with Gasteiger partial charge in [0, 0.05) is 0 Å². The zero-order valence-electron chi connectivity index (χ0n) is 8.19. The van der Waals surface area contributed by atoms with Crippen LogP contribution in [0.1, 0.15) is 27.2 Å². The third kappa shape index (κ3) is 7.13. The van der Waals surface area contributed by atoms with Crippen molar-refractivity contribution in [3.8, 4) is 0 Å². The van der Waals surface area contributed by atoms with E-state index in [0.29, 0.717) is 0 Å². The van der Waals surface area contributed by atoms with Crippen molar-refractivity contribution in [1.29, 1.82) is 0 Å². The second-order valence-electron chi connectivity index (χ2n) is 2.73. The minimum atomic E-state index is 0.0977. The van der Waals surface area contributed by atoms with Gasteiger partial charge in [0.2, 0.25) is 0 Å². The summed E-state index contributed by atoms with van der Waals surface area (Å²) in [4.78, 5) is 2.52. The molecule has 0 rings (SSSR count). The second-order valence-corrected chi connectivity index (χ2v) is 7.61. The van der Waals surface area contributed by atoms with E-state index in [1.165, 1.54) is 30.5 Å². The topological polar surface area (TPSA) is 3.24 Å². The van der Waals surface area contributed by atoms with Gasteiger partial charge >= 0.3 is 81.7 Å². The Bertz CT molecular complexity index is 72.0. The van der Waals surface area contributed by atoms with Crippen LogP contribution in [0.2, 0.25) is 8.87 Å². The Morgan fingerprint density at radius 2 is 1.73 bits per heavy atom. The van der Waals surface area contributed by atoms with E-state index < -0.39 is 0 Å². The molecule has 0 aromatic rings. The summed E-state index contributed by atoms with van der Waals surface area (Å²) in [5, 5.41) is 0. The average molecular weight is 262 g/mol. The number of hydrogen-bond donors (Lipinski definition) is 0. The first-order chi connectivity index (χ1) is 5.35. The molecule has 0 fully saturated rings. The van der Waals surface area contributed by atoms with Crippen LogP contribution >= 0.6 is 0 Å². The minimum absolute atomic E-state index is 0.0977. The number of hydrogen-bond acceptors (Lipinski definition) is 1. The molecule has 0 aromatic heterocycles. The van der Waals surface area contributed by atoms with Crippen molar-refractivity contribution in [2.75, 3.05) is 19.6 Å². The van der Waals surface area contributed by atoms with Gasteiger partial charge in [0.15, 0.2) is 0 Å². The molecule has 11 heavy (non-hydrogen) atoms. The standard InChI is InChI=1S/C7H16N.C2H5.Sn/c1-4-7-8(5-2)6-3;1-2;/h1,4-7H2,2-3H3;1H2,2H3;. The molecule has 0 N–H and O–H groups in total. The summed E-state index contributed by atoms with van der Waals surface area (Å²) in [6.45, 7) is 10.6. The third-order valence-electron chi connectivity index (χ3n) is 1.97. The summed E-state index contributed by atoms with van der Waals surface area (Å²) in [6, 6.07) is 0. The van der Waals surface area contributed by atoms with Gasteiger partial charge in [-0.25, -0.2) is 0 Å². The van der Waals surface area contributed by atoms with Gasteiger partial charge in [-0.1, -0.05) is 0 Å². The summed E-state index contributed by atoms with van der Waals surface area (Å²) >= 11 is 0.0977. The Kier molecular flexibility index (Phi) is 9.46. The summed E-state index contributed by atoms with van der Waals surface area (Å²) in [6.07, 6.45) is 1.46. The molecular weight excluding hydrogens is 241 g/mol. The fourth-order valence-electron chi connectivity index (χ4n) is 1.14. The molecule has 0 amide bonds. The molecule has 0 aliphatic rings. The molecule has 0 saturated carbocycles. The van der Waals surface area contributed by atoms with E-state index in [2.05, 4.69) is 25.7 Å². The molecule has 1 nitrogen and oxygen atoms in total. The molecule has 0 atom stereocenters. The first-order valence-electron chi connectivity index (χ1n) is 4.78. The fourth-order valence-corrected chi connectivity index (χ4v) is 3.32. The molecule has 2 heteroatoms. The van der Waals surface area contributed by atoms with E-state index in [9.17, 15) is 0 Å². The van der Waals surface area contributed by atoms with Gasteiger partial charge in [0.25, 0.3) is 0 Å². The summed E-state index contributed by atoms with van der Waals surface area (Å²) in [5.41, 5.74) is 0. The van der Waals surface area contributed by atoms with Gasteiger partial charge in [-0.2, -0.15) is 0 Å². The second kappa shape index (κ2) is 8.85. The fraction of sp³-hybridized carbons (Fsp3) is 1.00. The van der Waals surface area contributed by atoms with Gasteiger partial charge in [-0.05, 0) is 0 Å². The van der Waals surface area contributed by atoms with Gasteiger partial charge < -0.3 is 0 Å². The monoisotopic (exact) mass is 263 g/mol. The van der Waals surface area contributed by atoms with Crippen molar-refractivity contribution in [3.63, 3.8) is 0 Å². The Labute approximate surface area is 81.8 Å². The normalized spacial score (nSPS) is 10.9. The van der Waals surface area contributed by atoms with Crippen molar-refractivity contribution in [2.24, 2.45) is 0 Å². The Balaban J connectivity index is 3.07. The zero-order chi connectivity index (χ0) is 8.53. The van der Waals surface area contributed by atoms with Crippen molar-refractivity contribution in [2.45, 2.75) is 36.1 Å². The van der Waals surface area contributed by atoms with Crippen LogP contribution in [-0.4, -0.2) is 45.7 Å². The molecule has 0 spiro atoms. The van der Waals surface area contributed by atoms with Crippen molar-refractivity contribution in [1.82, 2.24) is 4.90 Å². The maximum absolute atomic E-state index is 2.52. The Morgan fingerprint density at radius 3 is 2.18 bits per heavy atom. The average Bonchev–Trinajstić information content (AvgIpc) is 2.05. The Morgan fingerprint density at radius 1 is 1.09 bits per heavy atom. The first-order valence-corrected chi connectivity index (χ1v) is 8.81. The van der Waals surface area contributed by atoms with Crippen LogP contribution in [0.5, 0.6) is 0 Å². The molecule has 0 aromatic carbocycles. The van der Waals surface area contributed by atoms with E-state index in [1.807, 2.05) is 0 Å². The molecule has 66 valence electrons. The summed E-state index contributed by atoms with van der Waals surface area (Å²) < 4.78 is 3.10. The summed E-state index contributed by atoms with van der Waals surface area (Å²) in [5.74, 6) is 0. The van der Waals surface area contributed by atoms with Gasteiger partial charge in [0.1, 0.15) is 0 Å². The molecule has 0 aliphatic carbocycles. The van der Waals surface area contributed by atoms with E-state index in [4.69, 9.17) is 0 Å². The molecule has 2 radical (unpaired) electrons. The number of nitrogens with zero attached hydrogens (tertiary/aromatic N) is 1. The van der Waals surface area contributed by atoms with Gasteiger partial charge in [0.05, 0.1) is 0 Å². The molecule has 0 saturated heterocycles. The maximum atomic E-state index is 2.52. The van der Waals surface area contributed by atoms with Crippen LogP contribution in [0, 0.1) is 0 Å². The molecular formula is C9H21NSn. The van der Waals surface area contributed by atoms with E-state index >= 15 is 0 Å². The van der Waals surface area contributed by atoms with E-state index in [0.717, 1.165) is 0 Å². The zero-order valence-corrected chi connectivity index (χ0v) is 11.0. The van der Waals surface area contributed by atoms with Crippen LogP contribution in [0.3, 0.4) is 0 Å². The molecule has 0 heterocycles. The van der Waals surface area contributed by atoms with Crippen LogP contribution < -0.4 is 0 Å². The molecule has 0 aliphatic heterocycles. The quantitative estimate of drug-likeness (QED) is 0.502. The Hall–Kier alpha value is 0.759. The van der Waals surface area contributed by atoms with Crippen LogP contribution in [0.25, 0.3) is 0 Å². The van der Waals surface area contributed by atoms with Crippen molar-refractivity contribution < 1.29 is 0 Å². The van der Waals surface area contributed by atoms with Crippen LogP contribution in [0.4, 0.5) is 0 Å². The van der Waals surface area contributed by atoms with E-state index in [-0.39, 0.29) is 21.1 Å². The van der Waals surface area contributed by atoms with E-state index in [1.54, 1.807) is 4.44 Å². The SMILES string of the molecule is C[CH2][Sn][CH2]CCN(CC)CC. The third-order valence-corrected chi connectivity index (χ3v) is 5.42. The summed E-state index contributed by atoms with van der Waals surface area (Å²) in [7, 11) is 0. The predicted octanol–water partition coefficient (Wildman–Crippen LogP) is 2.28. The van der Waals surface area contributed by atoms with Crippen LogP contribution in [0.15, 0.2) is 0 Å². The first kappa shape index (κ1) is 11.8. The van der Waals surface area contributed by atoms with Crippen molar-refractivity contribution >= 4 is 21.1 Å². The van der Waals surface area contributed by atoms with Crippen molar-refractivity contribution in [3.05, 3.63) is 0 Å². The predicted molar refractivity (Wildman–Crippen MR) is 53.4 cm³/mol.